The van der Waals surface area contributed by atoms with E-state index in [-0.39, 0.29) is 6.29 Å². The predicted octanol–water partition coefficient (Wildman–Crippen LogP) is -3.06. The Balaban J connectivity index is 0. The minimum Gasteiger partial charge on any atom is -0.404 e. The molecule has 0 amide bonds. The molecule has 0 aromatic carbocycles. The van der Waals surface area contributed by atoms with Gasteiger partial charge in [-0.25, -0.2) is 0 Å². The Morgan fingerprint density at radius 1 is 1.29 bits per heavy atom. The van der Waals surface area contributed by atoms with Gasteiger partial charge in [0.25, 0.3) is 0 Å². The minimum atomic E-state index is -1.21. The molecule has 0 spiro atoms. The first-order valence-electron chi connectivity index (χ1n) is 4.16. The van der Waals surface area contributed by atoms with Crippen molar-refractivity contribution in [3.8, 4) is 0 Å². The zero-order valence-electron chi connectivity index (χ0n) is 8.93. The number of ether oxygens (including phenoxy) is 1. The molecular weight excluding hydrogens is 206 g/mol. The van der Waals surface area contributed by atoms with Crippen molar-refractivity contribution in [3.05, 3.63) is 0 Å². The van der Waals surface area contributed by atoms with Crippen molar-refractivity contribution in [1.29, 1.82) is 0 Å². The van der Waals surface area contributed by atoms with Crippen molar-refractivity contribution >= 4 is 10.5 Å². The van der Waals surface area contributed by atoms with Crippen LogP contribution in [0.5, 0.6) is 0 Å². The summed E-state index contributed by atoms with van der Waals surface area (Å²) in [5.74, 6) is 0. The molecule has 0 aromatic rings. The molecule has 0 bridgehead atoms. The second-order valence-corrected chi connectivity index (χ2v) is 3.35. The molecule has 0 heterocycles. The van der Waals surface area contributed by atoms with Crippen molar-refractivity contribution < 1.29 is 24.5 Å². The first-order chi connectivity index (χ1) is 6.49. The molecule has 0 radical (unpaired) electrons. The van der Waals surface area contributed by atoms with Crippen LogP contribution in [-0.4, -0.2) is 64.6 Å². The van der Waals surface area contributed by atoms with Crippen LogP contribution < -0.4 is 5.73 Å². The van der Waals surface area contributed by atoms with Gasteiger partial charge >= 0.3 is 0 Å². The average Bonchev–Trinajstić information content (AvgIpc) is 2.27. The summed E-state index contributed by atoms with van der Waals surface area (Å²) in [5, 5.41) is 25.0. The Morgan fingerprint density at radius 2 is 1.64 bits per heavy atom. The molecule has 7 heteroatoms. The van der Waals surface area contributed by atoms with E-state index in [1.807, 2.05) is 6.92 Å². The molecule has 5 N–H and O–H groups in total. The molecule has 1 unspecified atom stereocenters. The second-order valence-electron chi connectivity index (χ2n) is 2.88. The van der Waals surface area contributed by atoms with Crippen LogP contribution in [0.25, 0.3) is 0 Å². The summed E-state index contributed by atoms with van der Waals surface area (Å²) >= 11 is 0. The van der Waals surface area contributed by atoms with Crippen LogP contribution in [-0.2, 0) is 9.16 Å². The third-order valence-electron chi connectivity index (χ3n) is 1.61. The third kappa shape index (κ3) is 8.57. The lowest BCUT2D eigenvalue weighted by atomic mass is 10.1. The monoisotopic (exact) mass is 227 g/mol. The minimum absolute atomic E-state index is 0.00309. The first kappa shape index (κ1) is 16.4. The molecular formula is C7H21NO5Si. The fourth-order valence-corrected chi connectivity index (χ4v) is 0.439. The maximum absolute atomic E-state index is 8.34. The molecule has 88 valence electrons. The third-order valence-corrected chi connectivity index (χ3v) is 2.27. The van der Waals surface area contributed by atoms with Gasteiger partial charge in [0.05, 0.1) is 25.4 Å². The lowest BCUT2D eigenvalue weighted by Gasteiger charge is -2.20. The first-order valence-corrected chi connectivity index (χ1v) is 4.98. The Morgan fingerprint density at radius 3 is 1.64 bits per heavy atom. The van der Waals surface area contributed by atoms with Crippen molar-refractivity contribution in [2.75, 3.05) is 26.9 Å². The van der Waals surface area contributed by atoms with E-state index in [1.165, 1.54) is 0 Å². The van der Waals surface area contributed by atoms with Crippen molar-refractivity contribution in [3.63, 3.8) is 0 Å². The normalized spacial score (nSPS) is 13.3. The number of nitrogens with two attached hydrogens (primary N) is 1. The number of hydrogen-bond donors (Lipinski definition) is 4. The standard InChI is InChI=1S/C4H11NO3.C3H10O2Si/c5-4(1-6,2-7)3-8;1-3(4-2)5-6/h6-8H,1-3,5H2;3H,1-2,6H3. The summed E-state index contributed by atoms with van der Waals surface area (Å²) in [4.78, 5) is 0. The van der Waals surface area contributed by atoms with Gasteiger partial charge in [-0.1, -0.05) is 0 Å². The molecule has 0 rings (SSSR count). The SMILES string of the molecule is COC(C)O[SiH3].NC(CO)(CO)CO. The lowest BCUT2D eigenvalue weighted by molar-refractivity contribution is -0.0334. The van der Waals surface area contributed by atoms with E-state index in [0.29, 0.717) is 0 Å². The fraction of sp³-hybridized carbons (Fsp3) is 1.00. The highest BCUT2D eigenvalue weighted by atomic mass is 28.2. The van der Waals surface area contributed by atoms with E-state index in [9.17, 15) is 0 Å². The smallest absolute Gasteiger partial charge is 0.149 e. The summed E-state index contributed by atoms with van der Waals surface area (Å²) < 4.78 is 9.53. The van der Waals surface area contributed by atoms with Crippen molar-refractivity contribution in [2.24, 2.45) is 5.73 Å². The van der Waals surface area contributed by atoms with E-state index >= 15 is 0 Å². The second kappa shape index (κ2) is 9.53. The lowest BCUT2D eigenvalue weighted by Crippen LogP contribution is -2.50. The van der Waals surface area contributed by atoms with E-state index in [2.05, 4.69) is 0 Å². The molecule has 0 fully saturated rings. The molecule has 6 nitrogen and oxygen atoms in total. The number of aliphatic hydroxyl groups excluding tert-OH is 3. The van der Waals surface area contributed by atoms with Crippen LogP contribution in [0.1, 0.15) is 6.92 Å². The van der Waals surface area contributed by atoms with E-state index < -0.39 is 25.4 Å². The van der Waals surface area contributed by atoms with Gasteiger partial charge in [-0.15, -0.1) is 0 Å². The Kier molecular flexibility index (Phi) is 11.2. The van der Waals surface area contributed by atoms with Crippen LogP contribution >= 0.6 is 0 Å². The quantitative estimate of drug-likeness (QED) is 0.293. The maximum Gasteiger partial charge on any atom is 0.149 e. The van der Waals surface area contributed by atoms with E-state index in [0.717, 1.165) is 10.5 Å². The zero-order chi connectivity index (χ0) is 11.6. The van der Waals surface area contributed by atoms with Gasteiger partial charge in [0.2, 0.25) is 0 Å². The largest absolute Gasteiger partial charge is 0.404 e. The van der Waals surface area contributed by atoms with Gasteiger partial charge in [0.15, 0.2) is 0 Å². The Labute approximate surface area is 87.2 Å². The highest BCUT2D eigenvalue weighted by molar-refractivity contribution is 5.98. The van der Waals surface area contributed by atoms with Crippen molar-refractivity contribution in [1.82, 2.24) is 0 Å². The summed E-state index contributed by atoms with van der Waals surface area (Å²) in [6, 6.07) is 0. The fourth-order valence-electron chi connectivity index (χ4n) is 0.246. The van der Waals surface area contributed by atoms with Crippen LogP contribution in [0.3, 0.4) is 0 Å². The van der Waals surface area contributed by atoms with Gasteiger partial charge in [-0.2, -0.15) is 0 Å². The molecule has 0 saturated carbocycles. The highest BCUT2D eigenvalue weighted by Gasteiger charge is 2.20. The van der Waals surface area contributed by atoms with Gasteiger partial charge in [0.1, 0.15) is 16.8 Å². The van der Waals surface area contributed by atoms with E-state index in [4.69, 9.17) is 30.2 Å². The molecule has 0 aliphatic heterocycles. The number of rotatable bonds is 5. The molecule has 0 saturated heterocycles. The van der Waals surface area contributed by atoms with Crippen LogP contribution in [0.2, 0.25) is 0 Å². The van der Waals surface area contributed by atoms with Crippen molar-refractivity contribution in [2.45, 2.75) is 18.8 Å². The summed E-state index contributed by atoms with van der Waals surface area (Å²) in [5.41, 5.74) is 3.94. The maximum atomic E-state index is 8.34. The Hall–Kier alpha value is -0.0231. The predicted molar refractivity (Wildman–Crippen MR) is 55.7 cm³/mol. The molecule has 0 aliphatic carbocycles. The summed E-state index contributed by atoms with van der Waals surface area (Å²) in [6.07, 6.45) is -0.00309. The number of methoxy groups -OCH3 is 1. The van der Waals surface area contributed by atoms with E-state index in [1.54, 1.807) is 7.11 Å². The summed E-state index contributed by atoms with van der Waals surface area (Å²) in [6.45, 7) is 0.660. The van der Waals surface area contributed by atoms with Crippen LogP contribution in [0, 0.1) is 0 Å². The van der Waals surface area contributed by atoms with Crippen LogP contribution in [0.4, 0.5) is 0 Å². The topological polar surface area (TPSA) is 105 Å². The van der Waals surface area contributed by atoms with Crippen LogP contribution in [0.15, 0.2) is 0 Å². The average molecular weight is 227 g/mol. The number of hydrogen-bond acceptors (Lipinski definition) is 6. The highest BCUT2D eigenvalue weighted by Crippen LogP contribution is 1.93. The van der Waals surface area contributed by atoms with Gasteiger partial charge in [-0.05, 0) is 6.92 Å². The van der Waals surface area contributed by atoms with Gasteiger partial charge in [-0.3, -0.25) is 0 Å². The summed E-state index contributed by atoms with van der Waals surface area (Å²) in [7, 11) is 2.39. The molecule has 1 atom stereocenters. The zero-order valence-corrected chi connectivity index (χ0v) is 10.9. The van der Waals surface area contributed by atoms with Gasteiger partial charge < -0.3 is 30.2 Å². The number of aliphatic hydroxyl groups is 3. The molecule has 14 heavy (non-hydrogen) atoms. The molecule has 0 aliphatic rings. The Bertz CT molecular complexity index is 110. The van der Waals surface area contributed by atoms with Gasteiger partial charge in [0, 0.05) is 7.11 Å². The molecule has 0 aromatic heterocycles.